The Morgan fingerprint density at radius 2 is 1.92 bits per heavy atom. The molecule has 2 N–H and O–H groups in total. The summed E-state index contributed by atoms with van der Waals surface area (Å²) in [6, 6.07) is 0.780. The zero-order valence-corrected chi connectivity index (χ0v) is 8.05. The van der Waals surface area contributed by atoms with Crippen LogP contribution in [0.1, 0.15) is 12.8 Å². The molecule has 2 fully saturated rings. The first-order chi connectivity index (χ1) is 5.90. The quantitative estimate of drug-likeness (QED) is 0.639. The van der Waals surface area contributed by atoms with Crippen LogP contribution in [0.5, 0.6) is 0 Å². The summed E-state index contributed by atoms with van der Waals surface area (Å²) in [4.78, 5) is 2.53. The zero-order valence-electron chi connectivity index (χ0n) is 7.24. The van der Waals surface area contributed by atoms with E-state index in [0.717, 1.165) is 19.3 Å². The number of nitrogens with zero attached hydrogens (tertiary/aromatic N) is 1. The molecule has 0 atom stereocenters. The van der Waals surface area contributed by atoms with Crippen molar-refractivity contribution in [2.24, 2.45) is 5.14 Å². The van der Waals surface area contributed by atoms with Crippen LogP contribution < -0.4 is 5.14 Å². The fourth-order valence-electron chi connectivity index (χ4n) is 1.90. The van der Waals surface area contributed by atoms with Gasteiger partial charge in [-0.15, -0.1) is 0 Å². The molecule has 0 aromatic heterocycles. The highest BCUT2D eigenvalue weighted by atomic mass is 32.2. The third-order valence-electron chi connectivity index (χ3n) is 2.78. The standard InChI is InChI=1S/C8H16N2OS/c9-12-8-5-10(6-8)7-1-3-11-4-2-7/h7-8H,1-6,9H2. The predicted octanol–water partition coefficient (Wildman–Crippen LogP) is 0.456. The molecule has 0 saturated carbocycles. The van der Waals surface area contributed by atoms with Crippen LogP contribution in [0, 0.1) is 0 Å². The molecular formula is C8H16N2OS. The Labute approximate surface area is 77.8 Å². The topological polar surface area (TPSA) is 38.5 Å². The second kappa shape index (κ2) is 3.96. The molecule has 0 unspecified atom stereocenters. The summed E-state index contributed by atoms with van der Waals surface area (Å²) < 4.78 is 5.32. The maximum absolute atomic E-state index is 5.49. The smallest absolute Gasteiger partial charge is 0.0480 e. The molecule has 12 heavy (non-hydrogen) atoms. The van der Waals surface area contributed by atoms with Crippen molar-refractivity contribution in [1.82, 2.24) is 4.90 Å². The Kier molecular flexibility index (Phi) is 2.91. The first-order valence-electron chi connectivity index (χ1n) is 4.57. The van der Waals surface area contributed by atoms with Crippen molar-refractivity contribution >= 4 is 11.9 Å². The van der Waals surface area contributed by atoms with Gasteiger partial charge in [0.2, 0.25) is 0 Å². The molecule has 3 nitrogen and oxygen atoms in total. The van der Waals surface area contributed by atoms with E-state index in [1.54, 1.807) is 0 Å². The normalized spacial score (nSPS) is 28.8. The SMILES string of the molecule is NSC1CN(C2CCOCC2)C1. The van der Waals surface area contributed by atoms with E-state index in [9.17, 15) is 0 Å². The van der Waals surface area contributed by atoms with Gasteiger partial charge in [0.05, 0.1) is 0 Å². The molecule has 0 amide bonds. The fourth-order valence-corrected chi connectivity index (χ4v) is 2.46. The van der Waals surface area contributed by atoms with Crippen molar-refractivity contribution in [3.05, 3.63) is 0 Å². The summed E-state index contributed by atoms with van der Waals surface area (Å²) in [5.41, 5.74) is 0. The first-order valence-corrected chi connectivity index (χ1v) is 5.52. The van der Waals surface area contributed by atoms with Crippen molar-refractivity contribution < 1.29 is 4.74 Å². The van der Waals surface area contributed by atoms with E-state index in [4.69, 9.17) is 9.88 Å². The molecule has 0 aromatic rings. The lowest BCUT2D eigenvalue weighted by Crippen LogP contribution is -2.55. The number of ether oxygens (including phenoxy) is 1. The van der Waals surface area contributed by atoms with E-state index in [1.807, 2.05) is 0 Å². The Bertz CT molecular complexity index is 144. The third kappa shape index (κ3) is 1.76. The van der Waals surface area contributed by atoms with Crippen LogP contribution in [-0.2, 0) is 4.74 Å². The van der Waals surface area contributed by atoms with Gasteiger partial charge >= 0.3 is 0 Å². The average molecular weight is 188 g/mol. The number of hydrogen-bond acceptors (Lipinski definition) is 4. The van der Waals surface area contributed by atoms with Gasteiger partial charge in [-0.25, -0.2) is 0 Å². The number of nitrogens with two attached hydrogens (primary N) is 1. The first kappa shape index (κ1) is 8.81. The lowest BCUT2D eigenvalue weighted by atomic mass is 10.0. The highest BCUT2D eigenvalue weighted by Gasteiger charge is 2.32. The molecule has 2 aliphatic heterocycles. The van der Waals surface area contributed by atoms with E-state index < -0.39 is 0 Å². The van der Waals surface area contributed by atoms with Gasteiger partial charge in [-0.2, -0.15) is 0 Å². The minimum atomic E-state index is 0.688. The van der Waals surface area contributed by atoms with Crippen LogP contribution in [0.3, 0.4) is 0 Å². The summed E-state index contributed by atoms with van der Waals surface area (Å²) in [6.07, 6.45) is 2.42. The second-order valence-electron chi connectivity index (χ2n) is 3.56. The van der Waals surface area contributed by atoms with Crippen LogP contribution in [0.4, 0.5) is 0 Å². The number of likely N-dealkylation sites (tertiary alicyclic amines) is 1. The number of rotatable bonds is 2. The van der Waals surface area contributed by atoms with E-state index >= 15 is 0 Å². The van der Waals surface area contributed by atoms with Gasteiger partial charge in [0.25, 0.3) is 0 Å². The van der Waals surface area contributed by atoms with Crippen molar-refractivity contribution in [1.29, 1.82) is 0 Å². The lowest BCUT2D eigenvalue weighted by molar-refractivity contribution is 0.0135. The molecule has 0 bridgehead atoms. The van der Waals surface area contributed by atoms with Gasteiger partial charge in [0, 0.05) is 37.6 Å². The van der Waals surface area contributed by atoms with Gasteiger partial charge in [-0.3, -0.25) is 10.0 Å². The molecule has 70 valence electrons. The Morgan fingerprint density at radius 3 is 2.50 bits per heavy atom. The molecule has 2 saturated heterocycles. The third-order valence-corrected chi connectivity index (χ3v) is 3.46. The van der Waals surface area contributed by atoms with Gasteiger partial charge in [0.1, 0.15) is 0 Å². The van der Waals surface area contributed by atoms with E-state index in [2.05, 4.69) is 4.90 Å². The van der Waals surface area contributed by atoms with Gasteiger partial charge < -0.3 is 4.74 Å². The van der Waals surface area contributed by atoms with E-state index in [-0.39, 0.29) is 0 Å². The molecule has 0 radical (unpaired) electrons. The van der Waals surface area contributed by atoms with Crippen molar-refractivity contribution in [3.63, 3.8) is 0 Å². The van der Waals surface area contributed by atoms with Crippen LogP contribution in [0.15, 0.2) is 0 Å². The average Bonchev–Trinajstić information content (AvgIpc) is 2.04. The van der Waals surface area contributed by atoms with Crippen LogP contribution in [-0.4, -0.2) is 42.5 Å². The summed E-state index contributed by atoms with van der Waals surface area (Å²) in [5.74, 6) is 0. The van der Waals surface area contributed by atoms with Crippen molar-refractivity contribution in [2.75, 3.05) is 26.3 Å². The van der Waals surface area contributed by atoms with Gasteiger partial charge in [-0.1, -0.05) is 11.9 Å². The summed E-state index contributed by atoms with van der Waals surface area (Å²) in [6.45, 7) is 4.26. The second-order valence-corrected chi connectivity index (χ2v) is 4.49. The van der Waals surface area contributed by atoms with E-state index in [0.29, 0.717) is 5.25 Å². The van der Waals surface area contributed by atoms with Crippen LogP contribution in [0.2, 0.25) is 0 Å². The van der Waals surface area contributed by atoms with Crippen molar-refractivity contribution in [3.8, 4) is 0 Å². The predicted molar refractivity (Wildman–Crippen MR) is 51.0 cm³/mol. The summed E-state index contributed by atoms with van der Waals surface area (Å²) in [7, 11) is 0. The van der Waals surface area contributed by atoms with Crippen molar-refractivity contribution in [2.45, 2.75) is 24.1 Å². The molecular weight excluding hydrogens is 172 g/mol. The molecule has 4 heteroatoms. The molecule has 2 rings (SSSR count). The summed E-state index contributed by atoms with van der Waals surface area (Å²) in [5, 5.41) is 6.18. The van der Waals surface area contributed by atoms with Crippen LogP contribution in [0.25, 0.3) is 0 Å². The Hall–Kier alpha value is 0.230. The number of hydrogen-bond donors (Lipinski definition) is 1. The Balaban J connectivity index is 1.72. The monoisotopic (exact) mass is 188 g/mol. The van der Waals surface area contributed by atoms with E-state index in [1.165, 1.54) is 37.9 Å². The molecule has 0 aliphatic carbocycles. The maximum Gasteiger partial charge on any atom is 0.0480 e. The Morgan fingerprint density at radius 1 is 1.25 bits per heavy atom. The fraction of sp³-hybridized carbons (Fsp3) is 1.00. The maximum atomic E-state index is 5.49. The molecule has 2 aliphatic rings. The van der Waals surface area contributed by atoms with Gasteiger partial charge in [-0.05, 0) is 12.8 Å². The minimum absolute atomic E-state index is 0.688. The van der Waals surface area contributed by atoms with Crippen LogP contribution >= 0.6 is 11.9 Å². The highest BCUT2D eigenvalue weighted by molar-refractivity contribution is 7.97. The molecule has 2 heterocycles. The summed E-state index contributed by atoms with van der Waals surface area (Å²) >= 11 is 1.51. The zero-order chi connectivity index (χ0) is 8.39. The lowest BCUT2D eigenvalue weighted by Gasteiger charge is -2.44. The minimum Gasteiger partial charge on any atom is -0.381 e. The van der Waals surface area contributed by atoms with Gasteiger partial charge in [0.15, 0.2) is 0 Å². The largest absolute Gasteiger partial charge is 0.381 e. The molecule has 0 aromatic carbocycles. The highest BCUT2D eigenvalue weighted by Crippen LogP contribution is 2.24. The molecule has 0 spiro atoms.